The standard InChI is InChI=1S/C14H26O2/c1-2-16-14(15)12-13-10-8-6-4-3-5-7-9-11-13/h13H,2-12H2,1H3. The second-order valence-electron chi connectivity index (χ2n) is 4.93. The summed E-state index contributed by atoms with van der Waals surface area (Å²) in [4.78, 5) is 11.4. The van der Waals surface area contributed by atoms with Gasteiger partial charge in [0.15, 0.2) is 0 Å². The normalized spacial score (nSPS) is 20.3. The number of rotatable bonds is 3. The lowest BCUT2D eigenvalue weighted by Crippen LogP contribution is -2.12. The number of ether oxygens (including phenoxy) is 1. The van der Waals surface area contributed by atoms with Crippen molar-refractivity contribution in [3.63, 3.8) is 0 Å². The number of carbonyl (C=O) groups is 1. The van der Waals surface area contributed by atoms with Gasteiger partial charge < -0.3 is 4.74 Å². The molecule has 0 saturated heterocycles. The van der Waals surface area contributed by atoms with Crippen LogP contribution in [-0.2, 0) is 9.53 Å². The van der Waals surface area contributed by atoms with Crippen LogP contribution in [0.4, 0.5) is 0 Å². The van der Waals surface area contributed by atoms with Gasteiger partial charge in [-0.2, -0.15) is 0 Å². The maximum atomic E-state index is 11.4. The summed E-state index contributed by atoms with van der Waals surface area (Å²) in [6, 6.07) is 0. The monoisotopic (exact) mass is 226 g/mol. The zero-order chi connectivity index (χ0) is 11.6. The molecule has 16 heavy (non-hydrogen) atoms. The second-order valence-corrected chi connectivity index (χ2v) is 4.93. The third kappa shape index (κ3) is 6.14. The van der Waals surface area contributed by atoms with E-state index in [9.17, 15) is 4.79 Å². The van der Waals surface area contributed by atoms with Crippen molar-refractivity contribution >= 4 is 5.97 Å². The van der Waals surface area contributed by atoms with Crippen molar-refractivity contribution in [2.45, 2.75) is 71.1 Å². The van der Waals surface area contributed by atoms with E-state index < -0.39 is 0 Å². The summed E-state index contributed by atoms with van der Waals surface area (Å²) in [5, 5.41) is 0. The van der Waals surface area contributed by atoms with Gasteiger partial charge >= 0.3 is 5.97 Å². The average molecular weight is 226 g/mol. The van der Waals surface area contributed by atoms with Crippen molar-refractivity contribution in [1.82, 2.24) is 0 Å². The molecular formula is C14H26O2. The molecule has 94 valence electrons. The van der Waals surface area contributed by atoms with E-state index in [1.54, 1.807) is 0 Å². The molecule has 0 spiro atoms. The maximum absolute atomic E-state index is 11.4. The maximum Gasteiger partial charge on any atom is 0.306 e. The van der Waals surface area contributed by atoms with E-state index >= 15 is 0 Å². The quantitative estimate of drug-likeness (QED) is 0.678. The van der Waals surface area contributed by atoms with Crippen LogP contribution in [0.15, 0.2) is 0 Å². The molecular weight excluding hydrogens is 200 g/mol. The largest absolute Gasteiger partial charge is 0.466 e. The van der Waals surface area contributed by atoms with E-state index in [-0.39, 0.29) is 5.97 Å². The predicted octanol–water partition coefficient (Wildman–Crippen LogP) is 4.08. The molecule has 0 atom stereocenters. The molecule has 0 radical (unpaired) electrons. The topological polar surface area (TPSA) is 26.3 Å². The Kier molecular flexibility index (Phi) is 7.28. The predicted molar refractivity (Wildman–Crippen MR) is 66.3 cm³/mol. The smallest absolute Gasteiger partial charge is 0.306 e. The highest BCUT2D eigenvalue weighted by molar-refractivity contribution is 5.69. The van der Waals surface area contributed by atoms with E-state index in [0.717, 1.165) is 0 Å². The Morgan fingerprint density at radius 1 is 1.00 bits per heavy atom. The van der Waals surface area contributed by atoms with Crippen molar-refractivity contribution in [2.75, 3.05) is 6.61 Å². The lowest BCUT2D eigenvalue weighted by Gasteiger charge is -2.17. The van der Waals surface area contributed by atoms with Crippen LogP contribution < -0.4 is 0 Å². The van der Waals surface area contributed by atoms with Gasteiger partial charge in [0.25, 0.3) is 0 Å². The molecule has 1 rings (SSSR count). The van der Waals surface area contributed by atoms with Gasteiger partial charge in [0.05, 0.1) is 6.61 Å². The van der Waals surface area contributed by atoms with Gasteiger partial charge in [0, 0.05) is 6.42 Å². The Bertz CT molecular complexity index is 179. The summed E-state index contributed by atoms with van der Waals surface area (Å²) in [7, 11) is 0. The number of esters is 1. The zero-order valence-electron chi connectivity index (χ0n) is 10.7. The molecule has 0 aromatic heterocycles. The fourth-order valence-corrected chi connectivity index (χ4v) is 2.55. The minimum absolute atomic E-state index is 0.00422. The first-order valence-electron chi connectivity index (χ1n) is 6.98. The lowest BCUT2D eigenvalue weighted by atomic mass is 9.90. The van der Waals surface area contributed by atoms with Gasteiger partial charge in [0.2, 0.25) is 0 Å². The van der Waals surface area contributed by atoms with Crippen LogP contribution in [0.1, 0.15) is 71.1 Å². The molecule has 0 aliphatic heterocycles. The zero-order valence-corrected chi connectivity index (χ0v) is 10.7. The Balaban J connectivity index is 2.27. The Morgan fingerprint density at radius 3 is 2.00 bits per heavy atom. The molecule has 2 nitrogen and oxygen atoms in total. The van der Waals surface area contributed by atoms with Crippen LogP contribution in [0.25, 0.3) is 0 Å². The molecule has 2 heteroatoms. The second kappa shape index (κ2) is 8.60. The molecule has 0 aromatic carbocycles. The highest BCUT2D eigenvalue weighted by Gasteiger charge is 2.14. The highest BCUT2D eigenvalue weighted by Crippen LogP contribution is 2.24. The van der Waals surface area contributed by atoms with Crippen LogP contribution in [0.3, 0.4) is 0 Å². The van der Waals surface area contributed by atoms with Gasteiger partial charge in [-0.05, 0) is 25.7 Å². The first-order chi connectivity index (χ1) is 7.83. The van der Waals surface area contributed by atoms with E-state index in [2.05, 4.69) is 0 Å². The van der Waals surface area contributed by atoms with Gasteiger partial charge in [-0.15, -0.1) is 0 Å². The molecule has 1 aliphatic carbocycles. The molecule has 0 unspecified atom stereocenters. The first-order valence-corrected chi connectivity index (χ1v) is 6.98. The van der Waals surface area contributed by atoms with Crippen molar-refractivity contribution < 1.29 is 9.53 Å². The SMILES string of the molecule is CCOC(=O)CC1CCCCCCCCC1. The first kappa shape index (κ1) is 13.5. The number of hydrogen-bond donors (Lipinski definition) is 0. The van der Waals surface area contributed by atoms with Gasteiger partial charge in [-0.3, -0.25) is 4.79 Å². The molecule has 1 saturated carbocycles. The lowest BCUT2D eigenvalue weighted by molar-refractivity contribution is -0.144. The summed E-state index contributed by atoms with van der Waals surface area (Å²) in [5.41, 5.74) is 0. The summed E-state index contributed by atoms with van der Waals surface area (Å²) in [5.74, 6) is 0.585. The Morgan fingerprint density at radius 2 is 1.50 bits per heavy atom. The van der Waals surface area contributed by atoms with Crippen LogP contribution in [-0.4, -0.2) is 12.6 Å². The van der Waals surface area contributed by atoms with Gasteiger partial charge in [-0.1, -0.05) is 44.9 Å². The van der Waals surface area contributed by atoms with E-state index in [0.29, 0.717) is 18.9 Å². The van der Waals surface area contributed by atoms with Crippen LogP contribution in [0.2, 0.25) is 0 Å². The molecule has 0 aromatic rings. The number of hydrogen-bond acceptors (Lipinski definition) is 2. The van der Waals surface area contributed by atoms with Gasteiger partial charge in [0.1, 0.15) is 0 Å². The fourth-order valence-electron chi connectivity index (χ4n) is 2.55. The summed E-state index contributed by atoms with van der Waals surface area (Å²) >= 11 is 0. The molecule has 1 aliphatic rings. The summed E-state index contributed by atoms with van der Waals surface area (Å²) < 4.78 is 5.03. The fraction of sp³-hybridized carbons (Fsp3) is 0.929. The van der Waals surface area contributed by atoms with E-state index in [4.69, 9.17) is 4.74 Å². The number of carbonyl (C=O) groups excluding carboxylic acids is 1. The van der Waals surface area contributed by atoms with E-state index in [1.807, 2.05) is 6.92 Å². The third-order valence-electron chi connectivity index (χ3n) is 3.49. The van der Waals surface area contributed by atoms with Crippen molar-refractivity contribution in [3.8, 4) is 0 Å². The Labute approximate surface area is 99.8 Å². The average Bonchev–Trinajstić information content (AvgIpc) is 2.27. The minimum atomic E-state index is 0.00422. The van der Waals surface area contributed by atoms with Crippen LogP contribution in [0.5, 0.6) is 0 Å². The Hall–Kier alpha value is -0.530. The molecule has 0 bridgehead atoms. The minimum Gasteiger partial charge on any atom is -0.466 e. The van der Waals surface area contributed by atoms with Crippen molar-refractivity contribution in [3.05, 3.63) is 0 Å². The van der Waals surface area contributed by atoms with Crippen LogP contribution in [0, 0.1) is 5.92 Å². The van der Waals surface area contributed by atoms with Gasteiger partial charge in [-0.25, -0.2) is 0 Å². The highest BCUT2D eigenvalue weighted by atomic mass is 16.5. The summed E-state index contributed by atoms with van der Waals surface area (Å²) in [6.45, 7) is 2.40. The molecule has 0 N–H and O–H groups in total. The molecule has 0 heterocycles. The third-order valence-corrected chi connectivity index (χ3v) is 3.49. The molecule has 1 fully saturated rings. The molecule has 0 amide bonds. The van der Waals surface area contributed by atoms with Crippen molar-refractivity contribution in [2.24, 2.45) is 5.92 Å². The van der Waals surface area contributed by atoms with E-state index in [1.165, 1.54) is 57.8 Å². The van der Waals surface area contributed by atoms with Crippen molar-refractivity contribution in [1.29, 1.82) is 0 Å². The van der Waals surface area contributed by atoms with Crippen LogP contribution >= 0.6 is 0 Å². The summed E-state index contributed by atoms with van der Waals surface area (Å²) in [6.07, 6.45) is 12.5.